The van der Waals surface area contributed by atoms with Crippen LogP contribution in [0.15, 0.2) is 67.0 Å². The Morgan fingerprint density at radius 2 is 1.62 bits per heavy atom. The predicted molar refractivity (Wildman–Crippen MR) is 127 cm³/mol. The number of carbonyl (C=O) groups is 3. The van der Waals surface area contributed by atoms with Gasteiger partial charge in [0.05, 0.1) is 23.4 Å². The Bertz CT molecular complexity index is 1200. The molecule has 0 bridgehead atoms. The summed E-state index contributed by atoms with van der Waals surface area (Å²) in [6, 6.07) is 17.0. The number of aromatic carboxylic acids is 1. The van der Waals surface area contributed by atoms with E-state index in [9.17, 15) is 14.4 Å². The summed E-state index contributed by atoms with van der Waals surface area (Å²) < 4.78 is 5.54. The molecular weight excluding hydrogens is 434 g/mol. The third-order valence-electron chi connectivity index (χ3n) is 6.11. The Hall–Kier alpha value is -4.20. The van der Waals surface area contributed by atoms with E-state index in [4.69, 9.17) is 9.84 Å². The molecule has 2 aromatic carbocycles. The Morgan fingerprint density at radius 3 is 2.24 bits per heavy atom. The first-order valence-corrected chi connectivity index (χ1v) is 11.0. The maximum Gasteiger partial charge on any atom is 0.407 e. The Labute approximate surface area is 197 Å². The zero-order valence-corrected chi connectivity index (χ0v) is 18.8. The number of carbonyl (C=O) groups excluding carboxylic acids is 2. The van der Waals surface area contributed by atoms with Gasteiger partial charge in [-0.1, -0.05) is 55.5 Å². The Morgan fingerprint density at radius 1 is 1.00 bits per heavy atom. The Balaban J connectivity index is 1.34. The first-order chi connectivity index (χ1) is 16.3. The van der Waals surface area contributed by atoms with Gasteiger partial charge in [-0.15, -0.1) is 0 Å². The van der Waals surface area contributed by atoms with Gasteiger partial charge in [-0.05, 0) is 35.2 Å². The predicted octanol–water partition coefficient (Wildman–Crippen LogP) is 4.28. The van der Waals surface area contributed by atoms with Crippen molar-refractivity contribution in [2.24, 2.45) is 5.92 Å². The number of carboxylic acids is 1. The van der Waals surface area contributed by atoms with E-state index >= 15 is 0 Å². The van der Waals surface area contributed by atoms with E-state index in [2.05, 4.69) is 27.8 Å². The molecule has 3 aromatic rings. The van der Waals surface area contributed by atoms with Crippen molar-refractivity contribution in [2.45, 2.75) is 25.8 Å². The molecule has 1 heterocycles. The molecule has 8 heteroatoms. The van der Waals surface area contributed by atoms with Gasteiger partial charge in [-0.25, -0.2) is 9.59 Å². The summed E-state index contributed by atoms with van der Waals surface area (Å²) in [6.45, 7) is 3.55. The van der Waals surface area contributed by atoms with Crippen molar-refractivity contribution in [1.29, 1.82) is 0 Å². The van der Waals surface area contributed by atoms with E-state index in [1.165, 1.54) is 18.5 Å². The molecule has 174 valence electrons. The van der Waals surface area contributed by atoms with Crippen LogP contribution in [0.3, 0.4) is 0 Å². The number of alkyl carbamates (subject to hydrolysis) is 1. The molecule has 1 aliphatic rings. The van der Waals surface area contributed by atoms with Crippen LogP contribution in [0, 0.1) is 5.92 Å². The minimum atomic E-state index is -1.14. The standard InChI is InChI=1S/C26H25N3O5/c1-15(24(30)29-18-11-17(25(31)32)12-27-13-18)16(2)28-26(33)34-14-23-21-9-5-3-7-19(21)20-8-4-6-10-22(20)23/h3-13,15-16,23H,14H2,1-2H3,(H,28,33)(H,29,30)(H,31,32). The summed E-state index contributed by atoms with van der Waals surface area (Å²) in [5.41, 5.74) is 4.77. The first kappa shape index (κ1) is 23.0. The van der Waals surface area contributed by atoms with Crippen LogP contribution in [0.5, 0.6) is 0 Å². The van der Waals surface area contributed by atoms with Gasteiger partial charge in [-0.3, -0.25) is 9.78 Å². The quantitative estimate of drug-likeness (QED) is 0.485. The highest BCUT2D eigenvalue weighted by molar-refractivity contribution is 5.95. The molecule has 34 heavy (non-hydrogen) atoms. The zero-order valence-electron chi connectivity index (χ0n) is 18.8. The summed E-state index contributed by atoms with van der Waals surface area (Å²) in [6.07, 6.45) is 1.95. The average Bonchev–Trinajstić information content (AvgIpc) is 3.16. The van der Waals surface area contributed by atoms with Gasteiger partial charge < -0.3 is 20.5 Å². The Kier molecular flexibility index (Phi) is 6.58. The van der Waals surface area contributed by atoms with Crippen molar-refractivity contribution in [3.63, 3.8) is 0 Å². The summed E-state index contributed by atoms with van der Waals surface area (Å²) in [5, 5.41) is 14.4. The number of anilines is 1. The fourth-order valence-electron chi connectivity index (χ4n) is 4.06. The largest absolute Gasteiger partial charge is 0.478 e. The number of benzene rings is 2. The number of aromatic nitrogens is 1. The van der Waals surface area contributed by atoms with E-state index in [1.54, 1.807) is 13.8 Å². The fraction of sp³-hybridized carbons (Fsp3) is 0.231. The van der Waals surface area contributed by atoms with E-state index in [1.807, 2.05) is 36.4 Å². The fourth-order valence-corrected chi connectivity index (χ4v) is 4.06. The zero-order chi connectivity index (χ0) is 24.2. The maximum atomic E-state index is 12.6. The van der Waals surface area contributed by atoms with E-state index in [-0.39, 0.29) is 29.7 Å². The second kappa shape index (κ2) is 9.74. The molecule has 3 N–H and O–H groups in total. The van der Waals surface area contributed by atoms with Crippen LogP contribution in [0.4, 0.5) is 10.5 Å². The van der Waals surface area contributed by atoms with Crippen molar-refractivity contribution in [2.75, 3.05) is 11.9 Å². The molecule has 1 aromatic heterocycles. The van der Waals surface area contributed by atoms with Crippen molar-refractivity contribution in [3.8, 4) is 11.1 Å². The van der Waals surface area contributed by atoms with Crippen molar-refractivity contribution in [1.82, 2.24) is 10.3 Å². The lowest BCUT2D eigenvalue weighted by molar-refractivity contribution is -0.120. The highest BCUT2D eigenvalue weighted by Crippen LogP contribution is 2.44. The number of fused-ring (bicyclic) bond motifs is 3. The average molecular weight is 460 g/mol. The maximum absolute atomic E-state index is 12.6. The minimum Gasteiger partial charge on any atom is -0.478 e. The molecule has 2 amide bonds. The highest BCUT2D eigenvalue weighted by atomic mass is 16.5. The molecular formula is C26H25N3O5. The number of ether oxygens (including phenoxy) is 1. The van der Waals surface area contributed by atoms with Crippen LogP contribution in [-0.2, 0) is 9.53 Å². The normalized spacial score (nSPS) is 13.8. The smallest absolute Gasteiger partial charge is 0.407 e. The molecule has 0 spiro atoms. The highest BCUT2D eigenvalue weighted by Gasteiger charge is 2.29. The van der Waals surface area contributed by atoms with Gasteiger partial charge in [-0.2, -0.15) is 0 Å². The van der Waals surface area contributed by atoms with Gasteiger partial charge in [0.25, 0.3) is 0 Å². The lowest BCUT2D eigenvalue weighted by Crippen LogP contribution is -2.42. The van der Waals surface area contributed by atoms with E-state index in [0.717, 1.165) is 22.3 Å². The van der Waals surface area contributed by atoms with Gasteiger partial charge in [0.2, 0.25) is 5.91 Å². The molecule has 4 rings (SSSR count). The SMILES string of the molecule is CC(NC(=O)OCC1c2ccccc2-c2ccccc21)C(C)C(=O)Nc1cncc(C(=O)O)c1. The van der Waals surface area contributed by atoms with Crippen LogP contribution < -0.4 is 10.6 Å². The summed E-state index contributed by atoms with van der Waals surface area (Å²) in [5.74, 6) is -2.17. The van der Waals surface area contributed by atoms with Gasteiger partial charge in [0, 0.05) is 18.2 Å². The molecule has 0 saturated heterocycles. The topological polar surface area (TPSA) is 118 Å². The molecule has 0 aliphatic heterocycles. The third kappa shape index (κ3) is 4.76. The number of carboxylic acid groups (broad SMARTS) is 1. The molecule has 0 fully saturated rings. The molecule has 0 radical (unpaired) electrons. The summed E-state index contributed by atoms with van der Waals surface area (Å²) in [4.78, 5) is 40.0. The van der Waals surface area contributed by atoms with Gasteiger partial charge in [0.1, 0.15) is 6.61 Å². The van der Waals surface area contributed by atoms with Crippen LogP contribution in [-0.4, -0.2) is 40.7 Å². The van der Waals surface area contributed by atoms with Crippen molar-refractivity contribution >= 4 is 23.7 Å². The lowest BCUT2D eigenvalue weighted by atomic mass is 9.98. The van der Waals surface area contributed by atoms with Crippen LogP contribution in [0.25, 0.3) is 11.1 Å². The summed E-state index contributed by atoms with van der Waals surface area (Å²) in [7, 11) is 0. The molecule has 2 atom stereocenters. The van der Waals surface area contributed by atoms with Gasteiger partial charge in [0.15, 0.2) is 0 Å². The molecule has 0 saturated carbocycles. The van der Waals surface area contributed by atoms with E-state index in [0.29, 0.717) is 0 Å². The second-order valence-corrected chi connectivity index (χ2v) is 8.30. The van der Waals surface area contributed by atoms with E-state index < -0.39 is 24.0 Å². The third-order valence-corrected chi connectivity index (χ3v) is 6.11. The minimum absolute atomic E-state index is 0.0322. The first-order valence-electron chi connectivity index (χ1n) is 11.0. The number of nitrogens with zero attached hydrogens (tertiary/aromatic N) is 1. The molecule has 8 nitrogen and oxygen atoms in total. The summed E-state index contributed by atoms with van der Waals surface area (Å²) >= 11 is 0. The molecule has 1 aliphatic carbocycles. The number of pyridine rings is 1. The second-order valence-electron chi connectivity index (χ2n) is 8.30. The number of hydrogen-bond donors (Lipinski definition) is 3. The van der Waals surface area contributed by atoms with Gasteiger partial charge >= 0.3 is 12.1 Å². The monoisotopic (exact) mass is 459 g/mol. The van der Waals surface area contributed by atoms with Crippen molar-refractivity contribution in [3.05, 3.63) is 83.7 Å². The number of rotatable bonds is 7. The number of nitrogens with one attached hydrogen (secondary N) is 2. The van der Waals surface area contributed by atoms with Crippen LogP contribution in [0.2, 0.25) is 0 Å². The lowest BCUT2D eigenvalue weighted by Gasteiger charge is -2.21. The number of amides is 2. The van der Waals surface area contributed by atoms with Crippen LogP contribution in [0.1, 0.15) is 41.3 Å². The molecule has 2 unspecified atom stereocenters. The van der Waals surface area contributed by atoms with Crippen LogP contribution >= 0.6 is 0 Å². The van der Waals surface area contributed by atoms with Crippen molar-refractivity contribution < 1.29 is 24.2 Å². The number of hydrogen-bond acceptors (Lipinski definition) is 5.